The summed E-state index contributed by atoms with van der Waals surface area (Å²) in [4.78, 5) is 23.2. The molecule has 0 unspecified atom stereocenters. The van der Waals surface area contributed by atoms with E-state index in [4.69, 9.17) is 5.11 Å². The summed E-state index contributed by atoms with van der Waals surface area (Å²) < 4.78 is 1.92. The van der Waals surface area contributed by atoms with Crippen molar-refractivity contribution in [1.82, 2.24) is 15.1 Å². The van der Waals surface area contributed by atoms with Gasteiger partial charge in [-0.05, 0) is 51.5 Å². The Hall–Kier alpha value is -2.63. The van der Waals surface area contributed by atoms with Gasteiger partial charge in [-0.1, -0.05) is 12.1 Å². The average molecular weight is 329 g/mol. The molecular weight excluding hydrogens is 306 g/mol. The molecule has 1 aromatic carbocycles. The normalized spacial score (nSPS) is 11.3. The Morgan fingerprint density at radius 3 is 2.33 bits per heavy atom. The van der Waals surface area contributed by atoms with E-state index in [1.54, 1.807) is 26.0 Å². The maximum Gasteiger partial charge on any atom is 0.310 e. The second-order valence-corrected chi connectivity index (χ2v) is 6.65. The van der Waals surface area contributed by atoms with Crippen molar-refractivity contribution in [2.24, 2.45) is 5.41 Å². The maximum atomic E-state index is 12.1. The van der Waals surface area contributed by atoms with Crippen molar-refractivity contribution in [2.75, 3.05) is 6.54 Å². The summed E-state index contributed by atoms with van der Waals surface area (Å²) in [5, 5.41) is 16.1. The van der Waals surface area contributed by atoms with E-state index in [1.165, 1.54) is 0 Å². The number of aryl methyl sites for hydroxylation is 2. The zero-order chi connectivity index (χ0) is 17.9. The lowest BCUT2D eigenvalue weighted by Crippen LogP contribution is -2.38. The van der Waals surface area contributed by atoms with Crippen molar-refractivity contribution in [3.8, 4) is 0 Å². The van der Waals surface area contributed by atoms with Crippen molar-refractivity contribution >= 4 is 11.9 Å². The van der Waals surface area contributed by atoms with Crippen LogP contribution in [0, 0.1) is 19.3 Å². The van der Waals surface area contributed by atoms with Gasteiger partial charge in [0.2, 0.25) is 0 Å². The van der Waals surface area contributed by atoms with Gasteiger partial charge in [0.05, 0.1) is 17.7 Å². The zero-order valence-corrected chi connectivity index (χ0v) is 14.5. The van der Waals surface area contributed by atoms with Crippen molar-refractivity contribution < 1.29 is 14.7 Å². The van der Waals surface area contributed by atoms with Gasteiger partial charge in [-0.2, -0.15) is 5.10 Å². The molecule has 6 nitrogen and oxygen atoms in total. The summed E-state index contributed by atoms with van der Waals surface area (Å²) in [6.45, 7) is 7.84. The van der Waals surface area contributed by atoms with Crippen LogP contribution in [0.2, 0.25) is 0 Å². The van der Waals surface area contributed by atoms with E-state index in [2.05, 4.69) is 10.4 Å². The number of hydrogen-bond donors (Lipinski definition) is 2. The molecule has 0 saturated heterocycles. The molecule has 1 heterocycles. The summed E-state index contributed by atoms with van der Waals surface area (Å²) in [6.07, 6.45) is 0. The minimum atomic E-state index is -0.995. The van der Waals surface area contributed by atoms with Gasteiger partial charge < -0.3 is 10.4 Å². The highest BCUT2D eigenvalue weighted by molar-refractivity contribution is 5.94. The number of carboxylic acids is 1. The van der Waals surface area contributed by atoms with E-state index in [0.717, 1.165) is 17.0 Å². The molecule has 2 rings (SSSR count). The molecule has 0 aliphatic rings. The average Bonchev–Trinajstić information content (AvgIpc) is 2.83. The lowest BCUT2D eigenvalue weighted by Gasteiger charge is -2.19. The van der Waals surface area contributed by atoms with Crippen molar-refractivity contribution in [1.29, 1.82) is 0 Å². The Kier molecular flexibility index (Phi) is 5.07. The van der Waals surface area contributed by atoms with Gasteiger partial charge in [0.15, 0.2) is 0 Å². The third-order valence-corrected chi connectivity index (χ3v) is 3.92. The Morgan fingerprint density at radius 2 is 1.83 bits per heavy atom. The third kappa shape index (κ3) is 4.22. The molecule has 128 valence electrons. The fraction of sp³-hybridized carbons (Fsp3) is 0.389. The van der Waals surface area contributed by atoms with E-state index in [1.807, 2.05) is 36.7 Å². The van der Waals surface area contributed by atoms with Crippen LogP contribution in [0.5, 0.6) is 0 Å². The monoisotopic (exact) mass is 329 g/mol. The van der Waals surface area contributed by atoms with Crippen molar-refractivity contribution in [3.63, 3.8) is 0 Å². The molecule has 0 bridgehead atoms. The van der Waals surface area contributed by atoms with Crippen LogP contribution in [0.1, 0.15) is 41.2 Å². The highest BCUT2D eigenvalue weighted by Gasteiger charge is 2.27. The number of hydrogen-bond acceptors (Lipinski definition) is 3. The van der Waals surface area contributed by atoms with Gasteiger partial charge in [-0.25, -0.2) is 0 Å². The number of carbonyl (C=O) groups is 2. The number of aliphatic carboxylic acids is 1. The quantitative estimate of drug-likeness (QED) is 0.852. The van der Waals surface area contributed by atoms with E-state index < -0.39 is 11.4 Å². The summed E-state index contributed by atoms with van der Waals surface area (Å²) in [5.74, 6) is -1.22. The number of aromatic nitrogens is 2. The smallest absolute Gasteiger partial charge is 0.310 e. The second-order valence-electron chi connectivity index (χ2n) is 6.65. The summed E-state index contributed by atoms with van der Waals surface area (Å²) in [5.41, 5.74) is 2.62. The molecule has 0 aliphatic heterocycles. The molecule has 1 aromatic heterocycles. The Bertz CT molecular complexity index is 745. The molecular formula is C18H23N3O3. The minimum absolute atomic E-state index is 0.0781. The number of nitrogens with one attached hydrogen (secondary N) is 1. The molecule has 0 fully saturated rings. The van der Waals surface area contributed by atoms with Crippen LogP contribution in [0.15, 0.2) is 30.3 Å². The van der Waals surface area contributed by atoms with Gasteiger partial charge in [0.1, 0.15) is 0 Å². The Labute approximate surface area is 141 Å². The molecule has 0 saturated carbocycles. The summed E-state index contributed by atoms with van der Waals surface area (Å²) in [7, 11) is 0. The predicted octanol–water partition coefficient (Wildman–Crippen LogP) is 2.39. The number of carbonyl (C=O) groups excluding carboxylic acids is 1. The van der Waals surface area contributed by atoms with Crippen LogP contribution < -0.4 is 5.32 Å². The van der Waals surface area contributed by atoms with Gasteiger partial charge in [0, 0.05) is 17.8 Å². The first-order valence-corrected chi connectivity index (χ1v) is 7.80. The standard InChI is InChI=1S/C18H23N3O3/c1-12-9-13(2)21(20-12)10-14-5-7-15(8-6-14)16(22)19-11-18(3,4)17(23)24/h5-9H,10-11H2,1-4H3,(H,19,22)(H,23,24). The van der Waals surface area contributed by atoms with Crippen LogP contribution in [-0.4, -0.2) is 33.3 Å². The van der Waals surface area contributed by atoms with E-state index in [-0.39, 0.29) is 12.5 Å². The molecule has 0 spiro atoms. The summed E-state index contributed by atoms with van der Waals surface area (Å²) in [6, 6.07) is 9.27. The van der Waals surface area contributed by atoms with Gasteiger partial charge in [-0.15, -0.1) is 0 Å². The number of rotatable bonds is 6. The molecule has 24 heavy (non-hydrogen) atoms. The largest absolute Gasteiger partial charge is 0.481 e. The first-order valence-electron chi connectivity index (χ1n) is 7.80. The summed E-state index contributed by atoms with van der Waals surface area (Å²) >= 11 is 0. The number of benzene rings is 1. The highest BCUT2D eigenvalue weighted by atomic mass is 16.4. The number of carboxylic acid groups (broad SMARTS) is 1. The molecule has 2 N–H and O–H groups in total. The molecule has 2 aromatic rings. The molecule has 1 amide bonds. The van der Waals surface area contributed by atoms with Crippen molar-refractivity contribution in [2.45, 2.75) is 34.2 Å². The number of amides is 1. The predicted molar refractivity (Wildman–Crippen MR) is 91.0 cm³/mol. The third-order valence-electron chi connectivity index (χ3n) is 3.92. The Balaban J connectivity index is 2.00. The first-order chi connectivity index (χ1) is 11.2. The minimum Gasteiger partial charge on any atom is -0.481 e. The SMILES string of the molecule is Cc1cc(C)n(Cc2ccc(C(=O)NCC(C)(C)C(=O)O)cc2)n1. The fourth-order valence-corrected chi connectivity index (χ4v) is 2.25. The molecule has 6 heteroatoms. The van der Waals surface area contributed by atoms with Crippen LogP contribution >= 0.6 is 0 Å². The lowest BCUT2D eigenvalue weighted by molar-refractivity contribution is -0.146. The van der Waals surface area contributed by atoms with Crippen LogP contribution in [-0.2, 0) is 11.3 Å². The lowest BCUT2D eigenvalue weighted by atomic mass is 9.94. The maximum absolute atomic E-state index is 12.1. The van der Waals surface area contributed by atoms with Crippen molar-refractivity contribution in [3.05, 3.63) is 52.8 Å². The fourth-order valence-electron chi connectivity index (χ4n) is 2.25. The number of nitrogens with zero attached hydrogens (tertiary/aromatic N) is 2. The molecule has 0 radical (unpaired) electrons. The van der Waals surface area contributed by atoms with E-state index in [0.29, 0.717) is 12.1 Å². The highest BCUT2D eigenvalue weighted by Crippen LogP contribution is 2.14. The molecule has 0 atom stereocenters. The molecule has 0 aliphatic carbocycles. The van der Waals surface area contributed by atoms with Crippen LogP contribution in [0.25, 0.3) is 0 Å². The van der Waals surface area contributed by atoms with Gasteiger partial charge >= 0.3 is 5.97 Å². The van der Waals surface area contributed by atoms with Gasteiger partial charge in [-0.3, -0.25) is 14.3 Å². The zero-order valence-electron chi connectivity index (χ0n) is 14.5. The van der Waals surface area contributed by atoms with Crippen LogP contribution in [0.3, 0.4) is 0 Å². The van der Waals surface area contributed by atoms with E-state index in [9.17, 15) is 9.59 Å². The second kappa shape index (κ2) is 6.86. The van der Waals surface area contributed by atoms with Gasteiger partial charge in [0.25, 0.3) is 5.91 Å². The first kappa shape index (κ1) is 17.7. The topological polar surface area (TPSA) is 84.2 Å². The van der Waals surface area contributed by atoms with E-state index >= 15 is 0 Å². The van der Waals surface area contributed by atoms with Crippen LogP contribution in [0.4, 0.5) is 0 Å². The Morgan fingerprint density at radius 1 is 1.21 bits per heavy atom.